The summed E-state index contributed by atoms with van der Waals surface area (Å²) >= 11 is 0. The lowest BCUT2D eigenvalue weighted by molar-refractivity contribution is 0.0678. The summed E-state index contributed by atoms with van der Waals surface area (Å²) in [6, 6.07) is 19.5. The third-order valence-electron chi connectivity index (χ3n) is 5.45. The molecular weight excluding hydrogens is 378 g/mol. The summed E-state index contributed by atoms with van der Waals surface area (Å²) in [6.45, 7) is 5.90. The molecule has 0 aliphatic carbocycles. The van der Waals surface area contributed by atoms with Crippen LogP contribution in [0.15, 0.2) is 66.9 Å². The van der Waals surface area contributed by atoms with E-state index in [0.717, 1.165) is 16.8 Å². The Morgan fingerprint density at radius 3 is 2.27 bits per heavy atom. The Labute approximate surface area is 175 Å². The lowest BCUT2D eigenvalue weighted by atomic mass is 9.92. The highest BCUT2D eigenvalue weighted by Crippen LogP contribution is 2.29. The number of nitrogens with zero attached hydrogens (tertiary/aromatic N) is 2. The molecule has 1 aliphatic heterocycles. The van der Waals surface area contributed by atoms with Crippen molar-refractivity contribution < 1.29 is 14.8 Å². The van der Waals surface area contributed by atoms with Crippen molar-refractivity contribution in [3.8, 4) is 11.1 Å². The van der Waals surface area contributed by atoms with E-state index in [1.165, 1.54) is 0 Å². The molecule has 2 aromatic carbocycles. The predicted octanol–water partition coefficient (Wildman–Crippen LogP) is 3.96. The van der Waals surface area contributed by atoms with Crippen molar-refractivity contribution in [3.63, 3.8) is 0 Å². The van der Waals surface area contributed by atoms with Gasteiger partial charge >= 0.3 is 0 Å². The Kier molecular flexibility index (Phi) is 5.18. The second kappa shape index (κ2) is 7.80. The van der Waals surface area contributed by atoms with Gasteiger partial charge in [0.05, 0.1) is 12.1 Å². The second-order valence-corrected chi connectivity index (χ2v) is 8.56. The van der Waals surface area contributed by atoms with Crippen LogP contribution in [0.5, 0.6) is 0 Å². The molecule has 6 nitrogen and oxygen atoms in total. The van der Waals surface area contributed by atoms with Crippen molar-refractivity contribution >= 4 is 11.8 Å². The number of hydroxylamine groups is 1. The van der Waals surface area contributed by atoms with Gasteiger partial charge in [0.15, 0.2) is 0 Å². The van der Waals surface area contributed by atoms with Crippen LogP contribution in [0.25, 0.3) is 11.1 Å². The monoisotopic (exact) mass is 403 g/mol. The number of benzene rings is 2. The Balaban J connectivity index is 1.60. The predicted molar refractivity (Wildman–Crippen MR) is 114 cm³/mol. The summed E-state index contributed by atoms with van der Waals surface area (Å²) in [5.41, 5.74) is 5.57. The van der Waals surface area contributed by atoms with E-state index >= 15 is 0 Å². The van der Waals surface area contributed by atoms with Gasteiger partial charge in [0.2, 0.25) is 0 Å². The van der Waals surface area contributed by atoms with Gasteiger partial charge in [-0.2, -0.15) is 0 Å². The molecule has 0 radical (unpaired) electrons. The highest BCUT2D eigenvalue weighted by Gasteiger charge is 2.31. The van der Waals surface area contributed by atoms with E-state index in [2.05, 4.69) is 13.8 Å². The summed E-state index contributed by atoms with van der Waals surface area (Å²) in [4.78, 5) is 26.9. The topological polar surface area (TPSA) is 74.6 Å². The quantitative estimate of drug-likeness (QED) is 0.514. The summed E-state index contributed by atoms with van der Waals surface area (Å²) in [5.74, 6) is -0.590. The molecule has 0 atom stereocenters. The molecule has 2 N–H and O–H groups in total. The molecule has 154 valence electrons. The summed E-state index contributed by atoms with van der Waals surface area (Å²) in [6.07, 6.45) is 1.73. The van der Waals surface area contributed by atoms with Gasteiger partial charge in [-0.05, 0) is 29.3 Å². The van der Waals surface area contributed by atoms with Crippen LogP contribution < -0.4 is 5.48 Å². The van der Waals surface area contributed by atoms with Gasteiger partial charge in [0.1, 0.15) is 0 Å². The highest BCUT2D eigenvalue weighted by atomic mass is 16.5. The molecule has 1 aromatic heterocycles. The average Bonchev–Trinajstić information content (AvgIpc) is 3.08. The van der Waals surface area contributed by atoms with E-state index in [4.69, 9.17) is 5.21 Å². The molecule has 0 unspecified atom stereocenters. The van der Waals surface area contributed by atoms with Gasteiger partial charge in [-0.25, -0.2) is 5.48 Å². The van der Waals surface area contributed by atoms with Crippen molar-refractivity contribution in [1.29, 1.82) is 0 Å². The van der Waals surface area contributed by atoms with Crippen LogP contribution in [0.4, 0.5) is 0 Å². The van der Waals surface area contributed by atoms with Gasteiger partial charge in [0.25, 0.3) is 11.8 Å². The number of fused-ring (bicyclic) bond motifs is 1. The lowest BCUT2D eigenvalue weighted by Crippen LogP contribution is -2.37. The number of carbonyl (C=O) groups excluding carboxylic acids is 2. The number of carbonyl (C=O) groups is 2. The maximum Gasteiger partial charge on any atom is 0.276 e. The maximum atomic E-state index is 13.3. The van der Waals surface area contributed by atoms with Crippen molar-refractivity contribution in [2.75, 3.05) is 6.54 Å². The first kappa shape index (κ1) is 19.9. The number of aromatic nitrogens is 1. The summed E-state index contributed by atoms with van der Waals surface area (Å²) in [7, 11) is 0. The maximum absolute atomic E-state index is 13.3. The van der Waals surface area contributed by atoms with Gasteiger partial charge in [-0.3, -0.25) is 14.8 Å². The van der Waals surface area contributed by atoms with E-state index in [1.54, 1.807) is 17.7 Å². The van der Waals surface area contributed by atoms with E-state index in [1.807, 2.05) is 64.1 Å². The second-order valence-electron chi connectivity index (χ2n) is 8.56. The third-order valence-corrected chi connectivity index (χ3v) is 5.45. The minimum absolute atomic E-state index is 0.0366. The van der Waals surface area contributed by atoms with Crippen LogP contribution in [-0.4, -0.2) is 33.0 Å². The normalized spacial score (nSPS) is 15.2. The Morgan fingerprint density at radius 1 is 0.933 bits per heavy atom. The van der Waals surface area contributed by atoms with Crippen molar-refractivity contribution in [2.24, 2.45) is 5.41 Å². The van der Waals surface area contributed by atoms with Gasteiger partial charge < -0.3 is 9.47 Å². The average molecular weight is 403 g/mol. The Bertz CT molecular complexity index is 1070. The molecule has 0 fully saturated rings. The van der Waals surface area contributed by atoms with E-state index in [-0.39, 0.29) is 11.3 Å². The molecule has 1 aliphatic rings. The molecule has 0 bridgehead atoms. The zero-order chi connectivity index (χ0) is 21.3. The Morgan fingerprint density at radius 2 is 1.60 bits per heavy atom. The van der Waals surface area contributed by atoms with Crippen LogP contribution in [0, 0.1) is 5.41 Å². The van der Waals surface area contributed by atoms with Crippen molar-refractivity contribution in [2.45, 2.75) is 26.9 Å². The lowest BCUT2D eigenvalue weighted by Gasteiger charge is -2.29. The summed E-state index contributed by atoms with van der Waals surface area (Å²) < 4.78 is 2.00. The number of nitrogens with one attached hydrogen (secondary N) is 1. The molecule has 0 spiro atoms. The fourth-order valence-electron chi connectivity index (χ4n) is 4.06. The van der Waals surface area contributed by atoms with Gasteiger partial charge in [0, 0.05) is 36.0 Å². The largest absolute Gasteiger partial charge is 0.348 e. The fraction of sp³-hybridized carbons (Fsp3) is 0.250. The third kappa shape index (κ3) is 4.00. The zero-order valence-electron chi connectivity index (χ0n) is 17.1. The Hall–Kier alpha value is -3.38. The number of hydrogen-bond donors (Lipinski definition) is 2. The molecule has 2 heterocycles. The molecule has 2 amide bonds. The first-order chi connectivity index (χ1) is 14.4. The van der Waals surface area contributed by atoms with Crippen LogP contribution in [-0.2, 0) is 13.1 Å². The minimum atomic E-state index is -0.553. The minimum Gasteiger partial charge on any atom is -0.348 e. The van der Waals surface area contributed by atoms with E-state index < -0.39 is 5.91 Å². The molecule has 0 saturated heterocycles. The number of amides is 2. The molecule has 6 heteroatoms. The van der Waals surface area contributed by atoms with Crippen LogP contribution in [0.3, 0.4) is 0 Å². The van der Waals surface area contributed by atoms with Crippen molar-refractivity contribution in [1.82, 2.24) is 14.9 Å². The zero-order valence-corrected chi connectivity index (χ0v) is 17.1. The molecule has 3 aromatic rings. The smallest absolute Gasteiger partial charge is 0.276 e. The van der Waals surface area contributed by atoms with Crippen LogP contribution in [0.2, 0.25) is 0 Å². The van der Waals surface area contributed by atoms with E-state index in [0.29, 0.717) is 30.8 Å². The fourth-order valence-corrected chi connectivity index (χ4v) is 4.06. The number of hydrogen-bond acceptors (Lipinski definition) is 3. The SMILES string of the molecule is CC1(C)CN(C(=O)c2ccc(-c3ccccc3)cc2)Cc2cc(C(=O)NO)cn2C1. The molecular formula is C24H25N3O3. The van der Waals surface area contributed by atoms with Crippen LogP contribution in [0.1, 0.15) is 40.3 Å². The molecule has 30 heavy (non-hydrogen) atoms. The highest BCUT2D eigenvalue weighted by molar-refractivity contribution is 5.95. The van der Waals surface area contributed by atoms with Gasteiger partial charge in [-0.15, -0.1) is 0 Å². The van der Waals surface area contributed by atoms with Crippen LogP contribution >= 0.6 is 0 Å². The summed E-state index contributed by atoms with van der Waals surface area (Å²) in [5, 5.41) is 8.93. The van der Waals surface area contributed by atoms with Gasteiger partial charge in [-0.1, -0.05) is 56.3 Å². The van der Waals surface area contributed by atoms with Crippen molar-refractivity contribution in [3.05, 3.63) is 83.7 Å². The number of rotatable bonds is 3. The molecule has 0 saturated carbocycles. The van der Waals surface area contributed by atoms with E-state index in [9.17, 15) is 9.59 Å². The first-order valence-corrected chi connectivity index (χ1v) is 9.94. The molecule has 4 rings (SSSR count). The first-order valence-electron chi connectivity index (χ1n) is 9.94. The standard InChI is InChI=1S/C24H25N3O3/c1-24(2)15-26-13-20(22(28)25-30)12-21(26)14-27(16-24)23(29)19-10-8-18(9-11-19)17-6-4-3-5-7-17/h3-13,30H,14-16H2,1-2H3,(H,25,28).